The summed E-state index contributed by atoms with van der Waals surface area (Å²) in [6.45, 7) is 7.79. The summed E-state index contributed by atoms with van der Waals surface area (Å²) < 4.78 is 10.2. The van der Waals surface area contributed by atoms with Crippen molar-refractivity contribution in [1.29, 1.82) is 0 Å². The van der Waals surface area contributed by atoms with Gasteiger partial charge in [0, 0.05) is 12.2 Å². The van der Waals surface area contributed by atoms with Crippen LogP contribution in [0, 0.1) is 6.92 Å². The highest BCUT2D eigenvalue weighted by Gasteiger charge is 2.20. The van der Waals surface area contributed by atoms with Crippen LogP contribution in [0.2, 0.25) is 0 Å². The maximum atomic E-state index is 12.2. The molecule has 2 aromatic rings. The minimum Gasteiger partial charge on any atom is -0.465 e. The Morgan fingerprint density at radius 1 is 1.07 bits per heavy atom. The van der Waals surface area contributed by atoms with Gasteiger partial charge >= 0.3 is 12.1 Å². The highest BCUT2D eigenvalue weighted by molar-refractivity contribution is 5.91. The topological polar surface area (TPSA) is 76.7 Å². The van der Waals surface area contributed by atoms with E-state index >= 15 is 0 Å². The van der Waals surface area contributed by atoms with E-state index in [-0.39, 0.29) is 12.0 Å². The Hall–Kier alpha value is -3.02. The van der Waals surface area contributed by atoms with Gasteiger partial charge in [-0.05, 0) is 57.0 Å². The zero-order valence-electron chi connectivity index (χ0n) is 17.0. The number of hydrogen-bond donors (Lipinski definition) is 2. The number of rotatable bonds is 6. The zero-order valence-corrected chi connectivity index (χ0v) is 17.0. The first-order valence-corrected chi connectivity index (χ1v) is 9.17. The summed E-state index contributed by atoms with van der Waals surface area (Å²) in [6, 6.07) is 14.8. The molecule has 0 aliphatic rings. The van der Waals surface area contributed by atoms with Crippen LogP contribution in [0.25, 0.3) is 0 Å². The number of esters is 1. The third-order valence-corrected chi connectivity index (χ3v) is 4.03. The molecule has 0 saturated carbocycles. The first-order valence-electron chi connectivity index (χ1n) is 9.17. The Morgan fingerprint density at radius 2 is 1.75 bits per heavy atom. The van der Waals surface area contributed by atoms with Gasteiger partial charge in [0.2, 0.25) is 0 Å². The van der Waals surface area contributed by atoms with Gasteiger partial charge in [0.15, 0.2) is 0 Å². The molecule has 2 rings (SSSR count). The van der Waals surface area contributed by atoms with E-state index in [1.807, 2.05) is 70.2 Å². The van der Waals surface area contributed by atoms with Crippen LogP contribution in [0.3, 0.4) is 0 Å². The van der Waals surface area contributed by atoms with Crippen molar-refractivity contribution in [3.63, 3.8) is 0 Å². The van der Waals surface area contributed by atoms with E-state index in [4.69, 9.17) is 9.47 Å². The molecule has 0 saturated heterocycles. The molecule has 6 heteroatoms. The van der Waals surface area contributed by atoms with E-state index in [9.17, 15) is 9.59 Å². The Balaban J connectivity index is 2.11. The van der Waals surface area contributed by atoms with Crippen molar-refractivity contribution < 1.29 is 19.1 Å². The fourth-order valence-corrected chi connectivity index (χ4v) is 2.72. The number of carbonyl (C=O) groups excluding carboxylic acids is 2. The fraction of sp³-hybridized carbons (Fsp3) is 0.364. The molecule has 2 N–H and O–H groups in total. The average Bonchev–Trinajstić information content (AvgIpc) is 2.64. The lowest BCUT2D eigenvalue weighted by Crippen LogP contribution is -2.37. The van der Waals surface area contributed by atoms with Crippen LogP contribution in [0.15, 0.2) is 48.5 Å². The molecular formula is C22H28N2O4. The predicted octanol–water partition coefficient (Wildman–Crippen LogP) is 4.46. The number of nitrogens with one attached hydrogen (secondary N) is 2. The number of ether oxygens (including phenoxy) is 2. The summed E-state index contributed by atoms with van der Waals surface area (Å²) in [5.74, 6) is -0.363. The van der Waals surface area contributed by atoms with Gasteiger partial charge in [0.05, 0.1) is 18.7 Å². The van der Waals surface area contributed by atoms with Crippen molar-refractivity contribution in [2.45, 2.75) is 39.3 Å². The number of aryl methyl sites for hydroxylation is 1. The summed E-state index contributed by atoms with van der Waals surface area (Å²) in [6.07, 6.45) is -0.472. The summed E-state index contributed by atoms with van der Waals surface area (Å²) in [5, 5.41) is 6.23. The molecule has 150 valence electrons. The first-order chi connectivity index (χ1) is 13.2. The van der Waals surface area contributed by atoms with Crippen LogP contribution in [-0.4, -0.2) is 31.3 Å². The number of hydrogen-bond acceptors (Lipinski definition) is 5. The van der Waals surface area contributed by atoms with Crippen LogP contribution in [0.1, 0.15) is 48.3 Å². The van der Waals surface area contributed by atoms with Crippen LogP contribution in [0.5, 0.6) is 0 Å². The second-order valence-corrected chi connectivity index (χ2v) is 7.51. The van der Waals surface area contributed by atoms with Gasteiger partial charge in [0.25, 0.3) is 0 Å². The second-order valence-electron chi connectivity index (χ2n) is 7.51. The Bertz CT molecular complexity index is 813. The minimum atomic E-state index is -0.570. The molecule has 0 aromatic heterocycles. The van der Waals surface area contributed by atoms with Crippen molar-refractivity contribution in [2.75, 3.05) is 19.0 Å². The van der Waals surface area contributed by atoms with Crippen molar-refractivity contribution in [2.24, 2.45) is 0 Å². The average molecular weight is 384 g/mol. The number of anilines is 1. The Kier molecular flexibility index (Phi) is 7.04. The van der Waals surface area contributed by atoms with Crippen LogP contribution in [-0.2, 0) is 9.47 Å². The van der Waals surface area contributed by atoms with Gasteiger partial charge in [-0.1, -0.05) is 30.3 Å². The fourth-order valence-electron chi connectivity index (χ4n) is 2.72. The Morgan fingerprint density at radius 3 is 2.32 bits per heavy atom. The van der Waals surface area contributed by atoms with Crippen LogP contribution >= 0.6 is 0 Å². The summed E-state index contributed by atoms with van der Waals surface area (Å²) in [5.41, 5.74) is 2.58. The minimum absolute atomic E-state index is 0.281. The molecule has 0 spiro atoms. The largest absolute Gasteiger partial charge is 0.465 e. The van der Waals surface area contributed by atoms with Gasteiger partial charge < -0.3 is 20.1 Å². The van der Waals surface area contributed by atoms with E-state index in [2.05, 4.69) is 10.6 Å². The lowest BCUT2D eigenvalue weighted by atomic mass is 10.1. The summed E-state index contributed by atoms with van der Waals surface area (Å²) in [4.78, 5) is 24.0. The molecule has 0 heterocycles. The van der Waals surface area contributed by atoms with Crippen LogP contribution < -0.4 is 10.6 Å². The van der Waals surface area contributed by atoms with Crippen molar-refractivity contribution in [3.8, 4) is 0 Å². The molecule has 1 atom stereocenters. The predicted molar refractivity (Wildman–Crippen MR) is 110 cm³/mol. The van der Waals surface area contributed by atoms with Gasteiger partial charge in [-0.2, -0.15) is 0 Å². The molecule has 6 nitrogen and oxygen atoms in total. The second kappa shape index (κ2) is 9.26. The normalized spacial score (nSPS) is 12.0. The van der Waals surface area contributed by atoms with Gasteiger partial charge in [-0.15, -0.1) is 0 Å². The van der Waals surface area contributed by atoms with E-state index in [1.165, 1.54) is 7.11 Å². The SMILES string of the molecule is COC(=O)c1ccc(NC[C@@H](NC(=O)OC(C)(C)C)c2ccccc2)cc1C. The smallest absolute Gasteiger partial charge is 0.408 e. The number of benzene rings is 2. The van der Waals surface area contributed by atoms with Crippen molar-refractivity contribution in [3.05, 3.63) is 65.2 Å². The number of carbonyl (C=O) groups is 2. The van der Waals surface area contributed by atoms with Crippen LogP contribution in [0.4, 0.5) is 10.5 Å². The third kappa shape index (κ3) is 6.30. The molecule has 0 radical (unpaired) electrons. The highest BCUT2D eigenvalue weighted by atomic mass is 16.6. The van der Waals surface area contributed by atoms with Crippen molar-refractivity contribution >= 4 is 17.7 Å². The monoisotopic (exact) mass is 384 g/mol. The van der Waals surface area contributed by atoms with Gasteiger partial charge in [-0.3, -0.25) is 0 Å². The van der Waals surface area contributed by atoms with Gasteiger partial charge in [0.1, 0.15) is 5.60 Å². The van der Waals surface area contributed by atoms with E-state index < -0.39 is 11.7 Å². The molecule has 0 aliphatic carbocycles. The van der Waals surface area contributed by atoms with E-state index in [1.54, 1.807) is 6.07 Å². The highest BCUT2D eigenvalue weighted by Crippen LogP contribution is 2.19. The van der Waals surface area contributed by atoms with Crippen molar-refractivity contribution in [1.82, 2.24) is 5.32 Å². The standard InChI is InChI=1S/C22H28N2O4/c1-15-13-17(11-12-18(15)20(25)27-5)23-14-19(16-9-7-6-8-10-16)24-21(26)28-22(2,3)4/h6-13,19,23H,14H2,1-5H3,(H,24,26)/t19-/m1/s1. The number of methoxy groups -OCH3 is 1. The lowest BCUT2D eigenvalue weighted by molar-refractivity contribution is 0.0505. The molecule has 28 heavy (non-hydrogen) atoms. The van der Waals surface area contributed by atoms with E-state index in [0.29, 0.717) is 12.1 Å². The molecule has 1 amide bonds. The molecule has 0 fully saturated rings. The Labute approximate surface area is 166 Å². The maximum absolute atomic E-state index is 12.2. The van der Waals surface area contributed by atoms with E-state index in [0.717, 1.165) is 16.8 Å². The molecule has 2 aromatic carbocycles. The zero-order chi connectivity index (χ0) is 20.7. The first kappa shape index (κ1) is 21.3. The molecule has 0 unspecified atom stereocenters. The third-order valence-electron chi connectivity index (χ3n) is 4.03. The maximum Gasteiger partial charge on any atom is 0.408 e. The molecular weight excluding hydrogens is 356 g/mol. The summed E-state index contributed by atoms with van der Waals surface area (Å²) in [7, 11) is 1.36. The van der Waals surface area contributed by atoms with Gasteiger partial charge in [-0.25, -0.2) is 9.59 Å². The lowest BCUT2D eigenvalue weighted by Gasteiger charge is -2.24. The quantitative estimate of drug-likeness (QED) is 0.719. The molecule has 0 bridgehead atoms. The number of alkyl carbamates (subject to hydrolysis) is 1. The summed E-state index contributed by atoms with van der Waals surface area (Å²) >= 11 is 0. The number of amides is 1. The molecule has 0 aliphatic heterocycles.